The van der Waals surface area contributed by atoms with Crippen LogP contribution in [-0.4, -0.2) is 59.1 Å². The van der Waals surface area contributed by atoms with Crippen molar-refractivity contribution >= 4 is 23.7 Å². The molecule has 9 heteroatoms. The molecule has 3 atom stereocenters. The average Bonchev–Trinajstić information content (AvgIpc) is 2.58. The molecule has 1 saturated heterocycles. The minimum absolute atomic E-state index is 0.0346. The van der Waals surface area contributed by atoms with E-state index in [0.29, 0.717) is 19.3 Å². The summed E-state index contributed by atoms with van der Waals surface area (Å²) in [4.78, 5) is 48.4. The van der Waals surface area contributed by atoms with Crippen molar-refractivity contribution in [3.05, 3.63) is 0 Å². The van der Waals surface area contributed by atoms with E-state index in [-0.39, 0.29) is 18.9 Å². The fraction of sp³-hybridized carbons (Fsp3) is 0.789. The van der Waals surface area contributed by atoms with Crippen LogP contribution in [0.2, 0.25) is 0 Å². The third-order valence-electron chi connectivity index (χ3n) is 4.35. The lowest BCUT2D eigenvalue weighted by atomic mass is 10.1. The second-order valence-corrected chi connectivity index (χ2v) is 8.13. The summed E-state index contributed by atoms with van der Waals surface area (Å²) in [6.45, 7) is 6.94. The van der Waals surface area contributed by atoms with Crippen molar-refractivity contribution in [2.24, 2.45) is 0 Å². The maximum Gasteiger partial charge on any atom is 0.326 e. The standard InChI is InChI=1S/C19H33N3O6/c1-12-16(24)22-13(18(26)27)9-7-5-6-8-10-15(23)21-14(17(25)20-12)11-28-19(2,3)4/h12-14H,5-11H2,1-4H3,(H,20,25)(H,21,23)(H,22,24)(H,26,27)/t12-,13-,14-/m0/s1. The van der Waals surface area contributed by atoms with Crippen molar-refractivity contribution in [1.29, 1.82) is 0 Å². The minimum Gasteiger partial charge on any atom is -0.480 e. The van der Waals surface area contributed by atoms with Gasteiger partial charge >= 0.3 is 5.97 Å². The summed E-state index contributed by atoms with van der Waals surface area (Å²) in [5.41, 5.74) is -0.500. The number of aliphatic carboxylic acids is 1. The third kappa shape index (κ3) is 9.16. The van der Waals surface area contributed by atoms with Crippen molar-refractivity contribution < 1.29 is 29.0 Å². The smallest absolute Gasteiger partial charge is 0.326 e. The molecule has 0 saturated carbocycles. The number of rotatable bonds is 3. The maximum absolute atomic E-state index is 12.6. The van der Waals surface area contributed by atoms with E-state index in [0.717, 1.165) is 12.8 Å². The molecule has 160 valence electrons. The predicted molar refractivity (Wildman–Crippen MR) is 103 cm³/mol. The number of hydrogen-bond donors (Lipinski definition) is 4. The van der Waals surface area contributed by atoms with Crippen molar-refractivity contribution in [2.45, 2.75) is 89.9 Å². The van der Waals surface area contributed by atoms with Crippen molar-refractivity contribution in [1.82, 2.24) is 16.0 Å². The molecule has 0 bridgehead atoms. The summed E-state index contributed by atoms with van der Waals surface area (Å²) < 4.78 is 5.63. The monoisotopic (exact) mass is 399 g/mol. The first-order valence-electron chi connectivity index (χ1n) is 9.76. The van der Waals surface area contributed by atoms with Gasteiger partial charge in [0.1, 0.15) is 18.1 Å². The van der Waals surface area contributed by atoms with Crippen LogP contribution in [0.5, 0.6) is 0 Å². The molecule has 3 amide bonds. The van der Waals surface area contributed by atoms with Crippen LogP contribution < -0.4 is 16.0 Å². The van der Waals surface area contributed by atoms with Crippen LogP contribution in [0.25, 0.3) is 0 Å². The Morgan fingerprint density at radius 1 is 1.04 bits per heavy atom. The normalized spacial score (nSPS) is 26.3. The molecule has 1 heterocycles. The zero-order chi connectivity index (χ0) is 21.3. The van der Waals surface area contributed by atoms with Crippen LogP contribution in [0.15, 0.2) is 0 Å². The van der Waals surface area contributed by atoms with Crippen LogP contribution in [0.4, 0.5) is 0 Å². The van der Waals surface area contributed by atoms with Crippen molar-refractivity contribution in [3.63, 3.8) is 0 Å². The van der Waals surface area contributed by atoms with Gasteiger partial charge < -0.3 is 25.8 Å². The van der Waals surface area contributed by atoms with E-state index in [1.54, 1.807) is 0 Å². The Bertz CT molecular complexity index is 573. The number of ether oxygens (including phenoxy) is 1. The molecule has 1 rings (SSSR count). The van der Waals surface area contributed by atoms with Gasteiger partial charge in [-0.05, 0) is 40.5 Å². The highest BCUT2D eigenvalue weighted by molar-refractivity contribution is 5.93. The first kappa shape index (κ1) is 23.9. The van der Waals surface area contributed by atoms with E-state index in [1.807, 2.05) is 20.8 Å². The van der Waals surface area contributed by atoms with Gasteiger partial charge in [0.25, 0.3) is 0 Å². The van der Waals surface area contributed by atoms with Crippen molar-refractivity contribution in [2.75, 3.05) is 6.61 Å². The van der Waals surface area contributed by atoms with Gasteiger partial charge in [-0.3, -0.25) is 14.4 Å². The topological polar surface area (TPSA) is 134 Å². The average molecular weight is 399 g/mol. The molecule has 0 aromatic heterocycles. The number of carbonyl (C=O) groups is 4. The van der Waals surface area contributed by atoms with E-state index in [4.69, 9.17) is 4.74 Å². The van der Waals surface area contributed by atoms with Gasteiger partial charge in [0.2, 0.25) is 17.7 Å². The lowest BCUT2D eigenvalue weighted by Gasteiger charge is -2.26. The largest absolute Gasteiger partial charge is 0.480 e. The molecule has 0 aromatic carbocycles. The predicted octanol–water partition coefficient (Wildman–Crippen LogP) is 0.715. The summed E-state index contributed by atoms with van der Waals surface area (Å²) in [7, 11) is 0. The molecule has 4 N–H and O–H groups in total. The molecule has 1 aliphatic rings. The molecule has 0 aromatic rings. The molecule has 0 unspecified atom stereocenters. The van der Waals surface area contributed by atoms with E-state index in [1.165, 1.54) is 6.92 Å². The zero-order valence-corrected chi connectivity index (χ0v) is 17.2. The molecule has 0 spiro atoms. The molecule has 0 aliphatic carbocycles. The Kier molecular flexibility index (Phi) is 9.37. The Morgan fingerprint density at radius 3 is 2.29 bits per heavy atom. The highest BCUT2D eigenvalue weighted by Crippen LogP contribution is 2.10. The Hall–Kier alpha value is -2.16. The Morgan fingerprint density at radius 2 is 1.68 bits per heavy atom. The van der Waals surface area contributed by atoms with Crippen LogP contribution in [0.3, 0.4) is 0 Å². The second-order valence-electron chi connectivity index (χ2n) is 8.13. The fourth-order valence-corrected chi connectivity index (χ4v) is 2.70. The highest BCUT2D eigenvalue weighted by atomic mass is 16.5. The first-order chi connectivity index (χ1) is 13.0. The molecular weight excluding hydrogens is 366 g/mol. The zero-order valence-electron chi connectivity index (χ0n) is 17.2. The van der Waals surface area contributed by atoms with E-state index in [9.17, 15) is 24.3 Å². The lowest BCUT2D eigenvalue weighted by molar-refractivity contribution is -0.142. The molecule has 28 heavy (non-hydrogen) atoms. The van der Waals surface area contributed by atoms with Crippen LogP contribution in [0, 0.1) is 0 Å². The minimum atomic E-state index is -1.11. The third-order valence-corrected chi connectivity index (χ3v) is 4.35. The summed E-state index contributed by atoms with van der Waals surface area (Å²) in [5, 5.41) is 17.0. The van der Waals surface area contributed by atoms with Gasteiger partial charge in [0.15, 0.2) is 0 Å². The quantitative estimate of drug-likeness (QED) is 0.552. The number of carboxylic acid groups (broad SMARTS) is 1. The number of carbonyl (C=O) groups excluding carboxylic acids is 3. The van der Waals surface area contributed by atoms with Crippen LogP contribution >= 0.6 is 0 Å². The summed E-state index contributed by atoms with van der Waals surface area (Å²) >= 11 is 0. The molecule has 1 aliphatic heterocycles. The molecule has 0 radical (unpaired) electrons. The van der Waals surface area contributed by atoms with Gasteiger partial charge in [-0.2, -0.15) is 0 Å². The number of hydrogen-bond acceptors (Lipinski definition) is 5. The van der Waals surface area contributed by atoms with Crippen LogP contribution in [-0.2, 0) is 23.9 Å². The van der Waals surface area contributed by atoms with E-state index >= 15 is 0 Å². The summed E-state index contributed by atoms with van der Waals surface area (Å²) in [6, 6.07) is -2.90. The highest BCUT2D eigenvalue weighted by Gasteiger charge is 2.28. The molecule has 9 nitrogen and oxygen atoms in total. The van der Waals surface area contributed by atoms with Gasteiger partial charge in [-0.15, -0.1) is 0 Å². The van der Waals surface area contributed by atoms with Crippen LogP contribution in [0.1, 0.15) is 66.2 Å². The van der Waals surface area contributed by atoms with Gasteiger partial charge in [-0.25, -0.2) is 4.79 Å². The number of carboxylic acids is 1. The summed E-state index contributed by atoms with van der Waals surface area (Å²) in [6.07, 6.45) is 3.36. The second kappa shape index (κ2) is 11.0. The Labute approximate surface area is 166 Å². The Balaban J connectivity index is 2.90. The fourth-order valence-electron chi connectivity index (χ4n) is 2.70. The lowest BCUT2D eigenvalue weighted by Crippen LogP contribution is -2.56. The number of amides is 3. The van der Waals surface area contributed by atoms with Crippen molar-refractivity contribution in [3.8, 4) is 0 Å². The maximum atomic E-state index is 12.6. The van der Waals surface area contributed by atoms with Gasteiger partial charge in [-0.1, -0.05) is 19.3 Å². The van der Waals surface area contributed by atoms with E-state index < -0.39 is 41.5 Å². The molecular formula is C19H33N3O6. The van der Waals surface area contributed by atoms with Gasteiger partial charge in [0, 0.05) is 6.42 Å². The van der Waals surface area contributed by atoms with Gasteiger partial charge in [0.05, 0.1) is 12.2 Å². The van der Waals surface area contributed by atoms with E-state index in [2.05, 4.69) is 16.0 Å². The number of nitrogens with one attached hydrogen (secondary N) is 3. The first-order valence-corrected chi connectivity index (χ1v) is 9.76. The molecule has 1 fully saturated rings. The summed E-state index contributed by atoms with van der Waals surface area (Å²) in [5.74, 6) is -2.50. The SMILES string of the molecule is C[C@@H]1NC(=O)[C@H](COC(C)(C)C)NC(=O)CCCCCC[C@@H](C(=O)O)NC1=O.